The van der Waals surface area contributed by atoms with Crippen molar-refractivity contribution in [1.82, 2.24) is 5.32 Å². The molecule has 0 atom stereocenters. The molecule has 2 rings (SSSR count). The normalized spacial score (nSPS) is 18.3. The highest BCUT2D eigenvalue weighted by molar-refractivity contribution is 9.11. The second-order valence-corrected chi connectivity index (χ2v) is 6.91. The van der Waals surface area contributed by atoms with Crippen molar-refractivity contribution in [1.29, 1.82) is 0 Å². The minimum Gasteiger partial charge on any atom is -0.351 e. The van der Waals surface area contributed by atoms with E-state index in [2.05, 4.69) is 28.2 Å². The van der Waals surface area contributed by atoms with Crippen LogP contribution in [0, 0.1) is 5.41 Å². The van der Waals surface area contributed by atoms with Gasteiger partial charge in [0.25, 0.3) is 5.91 Å². The topological polar surface area (TPSA) is 29.1 Å². The highest BCUT2D eigenvalue weighted by Crippen LogP contribution is 2.39. The molecule has 0 bridgehead atoms. The molecule has 0 spiro atoms. The molecule has 0 aliphatic heterocycles. The van der Waals surface area contributed by atoms with Crippen molar-refractivity contribution in [2.75, 3.05) is 6.54 Å². The van der Waals surface area contributed by atoms with Gasteiger partial charge in [0.05, 0.1) is 8.66 Å². The average Bonchev–Trinajstić information content (AvgIpc) is 2.58. The second kappa shape index (κ2) is 4.26. The third-order valence-electron chi connectivity index (χ3n) is 3.03. The summed E-state index contributed by atoms with van der Waals surface area (Å²) in [5, 5.41) is 3.01. The highest BCUT2D eigenvalue weighted by Gasteiger charge is 2.31. The molecule has 0 aromatic carbocycles. The van der Waals surface area contributed by atoms with E-state index in [1.165, 1.54) is 30.6 Å². The van der Waals surface area contributed by atoms with Crippen LogP contribution in [-0.2, 0) is 0 Å². The summed E-state index contributed by atoms with van der Waals surface area (Å²) >= 11 is 4.83. The van der Waals surface area contributed by atoms with Gasteiger partial charge in [0.15, 0.2) is 0 Å². The summed E-state index contributed by atoms with van der Waals surface area (Å²) < 4.78 is 1.00. The van der Waals surface area contributed by atoms with Gasteiger partial charge in [0, 0.05) is 6.54 Å². The third kappa shape index (κ3) is 2.61. The van der Waals surface area contributed by atoms with Crippen molar-refractivity contribution in [3.05, 3.63) is 20.8 Å². The number of amides is 1. The molecule has 4 heteroatoms. The average molecular weight is 288 g/mol. The predicted molar refractivity (Wildman–Crippen MR) is 66.3 cm³/mol. The van der Waals surface area contributed by atoms with Gasteiger partial charge in [-0.1, -0.05) is 13.3 Å². The van der Waals surface area contributed by atoms with Gasteiger partial charge in [-0.05, 0) is 46.3 Å². The summed E-state index contributed by atoms with van der Waals surface area (Å²) in [5.74, 6) is 0.0545. The molecule has 82 valence electrons. The molecule has 0 saturated heterocycles. The molecule has 1 aromatic heterocycles. The van der Waals surface area contributed by atoms with Crippen LogP contribution in [0.4, 0.5) is 0 Å². The SMILES string of the molecule is CC1(CNC(=O)c2ccc(Br)s2)CCC1. The standard InChI is InChI=1S/C11H14BrNOS/c1-11(5-2-6-11)7-13-10(14)8-3-4-9(12)15-8/h3-4H,2,5-7H2,1H3,(H,13,14). The van der Waals surface area contributed by atoms with E-state index >= 15 is 0 Å². The number of carbonyl (C=O) groups excluding carboxylic acids is 1. The first-order valence-electron chi connectivity index (χ1n) is 5.13. The number of hydrogen-bond acceptors (Lipinski definition) is 2. The quantitative estimate of drug-likeness (QED) is 0.907. The van der Waals surface area contributed by atoms with E-state index in [4.69, 9.17) is 0 Å². The zero-order chi connectivity index (χ0) is 10.9. The van der Waals surface area contributed by atoms with Crippen LogP contribution in [0.15, 0.2) is 15.9 Å². The van der Waals surface area contributed by atoms with Crippen LogP contribution in [0.2, 0.25) is 0 Å². The Morgan fingerprint density at radius 3 is 2.80 bits per heavy atom. The maximum absolute atomic E-state index is 11.7. The Kier molecular flexibility index (Phi) is 3.16. The summed E-state index contributed by atoms with van der Waals surface area (Å²) in [6, 6.07) is 3.76. The fraction of sp³-hybridized carbons (Fsp3) is 0.545. The minimum absolute atomic E-state index is 0.0545. The van der Waals surface area contributed by atoms with Gasteiger partial charge in [-0.25, -0.2) is 0 Å². The molecule has 1 aromatic rings. The summed E-state index contributed by atoms with van der Waals surface area (Å²) in [7, 11) is 0. The maximum Gasteiger partial charge on any atom is 0.261 e. The largest absolute Gasteiger partial charge is 0.351 e. The van der Waals surface area contributed by atoms with Crippen LogP contribution < -0.4 is 5.32 Å². The smallest absolute Gasteiger partial charge is 0.261 e. The van der Waals surface area contributed by atoms with E-state index < -0.39 is 0 Å². The van der Waals surface area contributed by atoms with E-state index in [0.717, 1.165) is 15.2 Å². The van der Waals surface area contributed by atoms with Gasteiger partial charge in [-0.2, -0.15) is 0 Å². The Morgan fingerprint density at radius 2 is 2.33 bits per heavy atom. The first-order chi connectivity index (χ1) is 7.09. The van der Waals surface area contributed by atoms with Crippen LogP contribution in [0.1, 0.15) is 35.9 Å². The maximum atomic E-state index is 11.7. The fourth-order valence-corrected chi connectivity index (χ4v) is 3.08. The molecule has 15 heavy (non-hydrogen) atoms. The Bertz CT molecular complexity index is 370. The fourth-order valence-electron chi connectivity index (χ4n) is 1.77. The Hall–Kier alpha value is -0.350. The van der Waals surface area contributed by atoms with Crippen molar-refractivity contribution < 1.29 is 4.79 Å². The predicted octanol–water partition coefficient (Wildman–Crippen LogP) is 3.43. The molecular weight excluding hydrogens is 274 g/mol. The van der Waals surface area contributed by atoms with Crippen molar-refractivity contribution in [2.24, 2.45) is 5.41 Å². The van der Waals surface area contributed by atoms with E-state index in [0.29, 0.717) is 5.41 Å². The minimum atomic E-state index is 0.0545. The number of thiophene rings is 1. The summed E-state index contributed by atoms with van der Waals surface area (Å²) in [4.78, 5) is 12.5. The number of nitrogens with one attached hydrogen (secondary N) is 1. The molecule has 2 nitrogen and oxygen atoms in total. The molecule has 1 amide bonds. The molecule has 1 aliphatic carbocycles. The Balaban J connectivity index is 1.87. The van der Waals surface area contributed by atoms with Gasteiger partial charge in [-0.15, -0.1) is 11.3 Å². The number of halogens is 1. The van der Waals surface area contributed by atoms with Crippen LogP contribution in [-0.4, -0.2) is 12.5 Å². The molecule has 1 fully saturated rings. The Labute approximate surface area is 102 Å². The third-order valence-corrected chi connectivity index (χ3v) is 4.66. The lowest BCUT2D eigenvalue weighted by Crippen LogP contribution is -2.39. The van der Waals surface area contributed by atoms with Crippen molar-refractivity contribution in [3.63, 3.8) is 0 Å². The second-order valence-electron chi connectivity index (χ2n) is 4.45. The van der Waals surface area contributed by atoms with Gasteiger partial charge < -0.3 is 5.32 Å². The van der Waals surface area contributed by atoms with Gasteiger partial charge in [-0.3, -0.25) is 4.79 Å². The van der Waals surface area contributed by atoms with Crippen LogP contribution in [0.25, 0.3) is 0 Å². The summed E-state index contributed by atoms with van der Waals surface area (Å²) in [6.07, 6.45) is 3.78. The molecule has 1 heterocycles. The summed E-state index contributed by atoms with van der Waals surface area (Å²) in [5.41, 5.74) is 0.351. The van der Waals surface area contributed by atoms with E-state index in [1.54, 1.807) is 0 Å². The van der Waals surface area contributed by atoms with Gasteiger partial charge in [0.1, 0.15) is 0 Å². The lowest BCUT2D eigenvalue weighted by Gasteiger charge is -2.38. The molecule has 1 N–H and O–H groups in total. The van der Waals surface area contributed by atoms with E-state index in [-0.39, 0.29) is 5.91 Å². The number of carbonyl (C=O) groups is 1. The summed E-state index contributed by atoms with van der Waals surface area (Å²) in [6.45, 7) is 3.04. The lowest BCUT2D eigenvalue weighted by molar-refractivity contribution is 0.0895. The highest BCUT2D eigenvalue weighted by atomic mass is 79.9. The molecule has 1 aliphatic rings. The van der Waals surface area contributed by atoms with Crippen LogP contribution in [0.5, 0.6) is 0 Å². The molecule has 0 radical (unpaired) electrons. The van der Waals surface area contributed by atoms with Gasteiger partial charge in [0.2, 0.25) is 0 Å². The van der Waals surface area contributed by atoms with Gasteiger partial charge >= 0.3 is 0 Å². The molecular formula is C11H14BrNOS. The first-order valence-corrected chi connectivity index (χ1v) is 6.74. The van der Waals surface area contributed by atoms with Crippen molar-refractivity contribution >= 4 is 33.2 Å². The number of hydrogen-bond donors (Lipinski definition) is 1. The van der Waals surface area contributed by atoms with E-state index in [9.17, 15) is 4.79 Å². The lowest BCUT2D eigenvalue weighted by atomic mass is 9.70. The zero-order valence-corrected chi connectivity index (χ0v) is 11.1. The zero-order valence-electron chi connectivity index (χ0n) is 8.68. The first kappa shape index (κ1) is 11.1. The van der Waals surface area contributed by atoms with E-state index in [1.807, 2.05) is 12.1 Å². The van der Waals surface area contributed by atoms with Crippen molar-refractivity contribution in [3.8, 4) is 0 Å². The monoisotopic (exact) mass is 287 g/mol. The van der Waals surface area contributed by atoms with Crippen LogP contribution in [0.3, 0.4) is 0 Å². The van der Waals surface area contributed by atoms with Crippen molar-refractivity contribution in [2.45, 2.75) is 26.2 Å². The Morgan fingerprint density at radius 1 is 1.60 bits per heavy atom. The molecule has 0 unspecified atom stereocenters. The molecule has 1 saturated carbocycles. The van der Waals surface area contributed by atoms with Crippen LogP contribution >= 0.6 is 27.3 Å². The number of rotatable bonds is 3.